The quantitative estimate of drug-likeness (QED) is 0.370. The molecule has 0 saturated carbocycles. The Hall–Kier alpha value is -1.97. The summed E-state index contributed by atoms with van der Waals surface area (Å²) in [5.41, 5.74) is 4.20. The van der Waals surface area contributed by atoms with Gasteiger partial charge in [0.1, 0.15) is 0 Å². The summed E-state index contributed by atoms with van der Waals surface area (Å²) in [6, 6.07) is 24.5. The predicted octanol–water partition coefficient (Wildman–Crippen LogP) is 6.74. The molecule has 0 aliphatic heterocycles. The Bertz CT molecular complexity index is 920. The SMILES string of the molecule is Cc1cccc(CC(=O)c2ccc(Sc3ccc(C(C)(C)S)cc3)cc2)c1. The van der Waals surface area contributed by atoms with E-state index in [2.05, 4.69) is 56.8 Å². The minimum Gasteiger partial charge on any atom is -0.294 e. The summed E-state index contributed by atoms with van der Waals surface area (Å²) < 4.78 is -0.136. The first-order valence-corrected chi connectivity index (χ1v) is 10.3. The van der Waals surface area contributed by atoms with E-state index < -0.39 is 0 Å². The second kappa shape index (κ2) is 8.37. The second-order valence-corrected chi connectivity index (χ2v) is 9.56. The third-order valence-corrected chi connectivity index (χ3v) is 5.69. The number of aryl methyl sites for hydroxylation is 1. The van der Waals surface area contributed by atoms with E-state index in [1.807, 2.05) is 49.4 Å². The maximum absolute atomic E-state index is 12.5. The fraction of sp³-hybridized carbons (Fsp3) is 0.208. The van der Waals surface area contributed by atoms with Crippen molar-refractivity contribution in [3.8, 4) is 0 Å². The summed E-state index contributed by atoms with van der Waals surface area (Å²) in [7, 11) is 0. The van der Waals surface area contributed by atoms with Crippen LogP contribution < -0.4 is 0 Å². The molecule has 0 aliphatic carbocycles. The van der Waals surface area contributed by atoms with Crippen molar-refractivity contribution in [3.63, 3.8) is 0 Å². The van der Waals surface area contributed by atoms with E-state index in [0.29, 0.717) is 6.42 Å². The number of Topliss-reactive ketones (excluding diaryl/α,β-unsaturated/α-hetero) is 1. The van der Waals surface area contributed by atoms with E-state index in [0.717, 1.165) is 16.0 Å². The van der Waals surface area contributed by atoms with Gasteiger partial charge in [-0.2, -0.15) is 12.6 Å². The fourth-order valence-corrected chi connectivity index (χ4v) is 3.85. The molecule has 3 heteroatoms. The van der Waals surface area contributed by atoms with E-state index in [4.69, 9.17) is 0 Å². The van der Waals surface area contributed by atoms with Gasteiger partial charge in [0.25, 0.3) is 0 Å². The molecule has 138 valence electrons. The number of hydrogen-bond acceptors (Lipinski definition) is 3. The van der Waals surface area contributed by atoms with E-state index >= 15 is 0 Å². The summed E-state index contributed by atoms with van der Waals surface area (Å²) >= 11 is 6.31. The molecule has 0 unspecified atom stereocenters. The van der Waals surface area contributed by atoms with Crippen molar-refractivity contribution in [2.24, 2.45) is 0 Å². The molecule has 0 aromatic heterocycles. The number of benzene rings is 3. The number of thiol groups is 1. The highest BCUT2D eigenvalue weighted by molar-refractivity contribution is 7.99. The molecular formula is C24H24OS2. The summed E-state index contributed by atoms with van der Waals surface area (Å²) in [6.07, 6.45) is 0.440. The van der Waals surface area contributed by atoms with Gasteiger partial charge in [0.15, 0.2) is 5.78 Å². The van der Waals surface area contributed by atoms with Crippen LogP contribution in [-0.2, 0) is 11.2 Å². The molecule has 0 aliphatic rings. The van der Waals surface area contributed by atoms with Crippen LogP contribution in [-0.4, -0.2) is 5.78 Å². The Morgan fingerprint density at radius 1 is 0.926 bits per heavy atom. The lowest BCUT2D eigenvalue weighted by Crippen LogP contribution is -2.06. The summed E-state index contributed by atoms with van der Waals surface area (Å²) in [5, 5.41) is 0. The molecular weight excluding hydrogens is 368 g/mol. The lowest BCUT2D eigenvalue weighted by atomic mass is 10.0. The lowest BCUT2D eigenvalue weighted by molar-refractivity contribution is 0.0993. The maximum atomic E-state index is 12.5. The smallest absolute Gasteiger partial charge is 0.167 e. The number of carbonyl (C=O) groups excluding carboxylic acids is 1. The van der Waals surface area contributed by atoms with Gasteiger partial charge in [0, 0.05) is 26.5 Å². The molecule has 3 aromatic carbocycles. The molecule has 0 spiro atoms. The van der Waals surface area contributed by atoms with Gasteiger partial charge in [-0.25, -0.2) is 0 Å². The van der Waals surface area contributed by atoms with Gasteiger partial charge in [0.05, 0.1) is 0 Å². The van der Waals surface area contributed by atoms with Crippen molar-refractivity contribution in [2.45, 2.75) is 41.7 Å². The van der Waals surface area contributed by atoms with Crippen LogP contribution in [0.1, 0.15) is 40.9 Å². The van der Waals surface area contributed by atoms with E-state index in [1.165, 1.54) is 16.0 Å². The average molecular weight is 393 g/mol. The monoisotopic (exact) mass is 392 g/mol. The molecule has 0 N–H and O–H groups in total. The zero-order valence-corrected chi connectivity index (χ0v) is 17.6. The molecule has 0 fully saturated rings. The van der Waals surface area contributed by atoms with Crippen molar-refractivity contribution < 1.29 is 4.79 Å². The Labute approximate surface area is 171 Å². The van der Waals surface area contributed by atoms with E-state index in [-0.39, 0.29) is 10.5 Å². The van der Waals surface area contributed by atoms with E-state index in [1.54, 1.807) is 11.8 Å². The highest BCUT2D eigenvalue weighted by atomic mass is 32.2. The van der Waals surface area contributed by atoms with Crippen LogP contribution in [0.2, 0.25) is 0 Å². The zero-order valence-electron chi connectivity index (χ0n) is 15.9. The van der Waals surface area contributed by atoms with Crippen LogP contribution in [0.5, 0.6) is 0 Å². The van der Waals surface area contributed by atoms with Crippen LogP contribution in [0.4, 0.5) is 0 Å². The van der Waals surface area contributed by atoms with Gasteiger partial charge in [-0.3, -0.25) is 4.79 Å². The first-order chi connectivity index (χ1) is 12.8. The standard InChI is InChI=1S/C24H24OS2/c1-17-5-4-6-18(15-17)16-23(25)19-7-11-21(12-8-19)27-22-13-9-20(10-14-22)24(2,3)26/h4-15,26H,16H2,1-3H3. The third kappa shape index (κ3) is 5.50. The normalized spacial score (nSPS) is 11.4. The number of ketones is 1. The molecule has 0 amide bonds. The topological polar surface area (TPSA) is 17.1 Å². The largest absolute Gasteiger partial charge is 0.294 e. The van der Waals surface area contributed by atoms with Crippen molar-refractivity contribution in [2.75, 3.05) is 0 Å². The number of carbonyl (C=O) groups is 1. The van der Waals surface area contributed by atoms with Gasteiger partial charge < -0.3 is 0 Å². The molecule has 3 rings (SSSR count). The van der Waals surface area contributed by atoms with Crippen LogP contribution >= 0.6 is 24.4 Å². The van der Waals surface area contributed by atoms with Gasteiger partial charge in [0.2, 0.25) is 0 Å². The number of hydrogen-bond donors (Lipinski definition) is 1. The third-order valence-electron chi connectivity index (χ3n) is 4.42. The average Bonchev–Trinajstić information content (AvgIpc) is 2.62. The predicted molar refractivity (Wildman–Crippen MR) is 118 cm³/mol. The highest BCUT2D eigenvalue weighted by Gasteiger charge is 2.14. The summed E-state index contributed by atoms with van der Waals surface area (Å²) in [5.74, 6) is 0.150. The zero-order chi connectivity index (χ0) is 19.4. The second-order valence-electron chi connectivity index (χ2n) is 7.30. The van der Waals surface area contributed by atoms with Crippen LogP contribution in [0, 0.1) is 6.92 Å². The van der Waals surface area contributed by atoms with Crippen LogP contribution in [0.25, 0.3) is 0 Å². The van der Waals surface area contributed by atoms with Crippen molar-refractivity contribution in [1.29, 1.82) is 0 Å². The lowest BCUT2D eigenvalue weighted by Gasteiger charge is -2.18. The Morgan fingerprint density at radius 2 is 1.52 bits per heavy atom. The minimum absolute atomic E-state index is 0.136. The summed E-state index contributed by atoms with van der Waals surface area (Å²) in [4.78, 5) is 14.8. The van der Waals surface area contributed by atoms with Crippen molar-refractivity contribution in [1.82, 2.24) is 0 Å². The first kappa shape index (κ1) is 19.8. The van der Waals surface area contributed by atoms with Gasteiger partial charge in [-0.15, -0.1) is 0 Å². The van der Waals surface area contributed by atoms with Gasteiger partial charge in [-0.05, 0) is 56.2 Å². The molecule has 27 heavy (non-hydrogen) atoms. The Morgan fingerprint density at radius 3 is 2.07 bits per heavy atom. The molecule has 0 radical (unpaired) electrons. The van der Waals surface area contributed by atoms with Crippen molar-refractivity contribution in [3.05, 3.63) is 95.1 Å². The van der Waals surface area contributed by atoms with Crippen LogP contribution in [0.3, 0.4) is 0 Å². The minimum atomic E-state index is -0.136. The Kier molecular flexibility index (Phi) is 6.13. The van der Waals surface area contributed by atoms with Crippen LogP contribution in [0.15, 0.2) is 82.6 Å². The molecule has 3 aromatic rings. The van der Waals surface area contributed by atoms with E-state index in [9.17, 15) is 4.79 Å². The molecule has 0 heterocycles. The maximum Gasteiger partial charge on any atom is 0.167 e. The molecule has 1 nitrogen and oxygen atoms in total. The first-order valence-electron chi connectivity index (χ1n) is 9.01. The van der Waals surface area contributed by atoms with Gasteiger partial charge >= 0.3 is 0 Å². The van der Waals surface area contributed by atoms with Crippen molar-refractivity contribution >= 4 is 30.2 Å². The molecule has 0 bridgehead atoms. The molecule has 0 saturated heterocycles. The number of rotatable bonds is 6. The molecule has 0 atom stereocenters. The highest BCUT2D eigenvalue weighted by Crippen LogP contribution is 2.32. The summed E-state index contributed by atoms with van der Waals surface area (Å²) in [6.45, 7) is 6.22. The fourth-order valence-electron chi connectivity index (χ4n) is 2.89. The Balaban J connectivity index is 1.65. The van der Waals surface area contributed by atoms with Gasteiger partial charge in [-0.1, -0.05) is 65.9 Å².